The third kappa shape index (κ3) is 94.7. The first-order valence-corrected chi connectivity index (χ1v) is 2.19. The summed E-state index contributed by atoms with van der Waals surface area (Å²) in [6.45, 7) is 0. The largest absolute Gasteiger partial charge is 4.00 e. The molecule has 0 saturated heterocycles. The summed E-state index contributed by atoms with van der Waals surface area (Å²) in [5, 5.41) is 0. The molecule has 0 amide bonds. The van der Waals surface area contributed by atoms with Crippen LogP contribution in [0.25, 0.3) is 0 Å². The first-order valence-electron chi connectivity index (χ1n) is 0.730. The SMILES string of the molecule is O=P([O-])([O-])[O-].[Hf+4].[Li+]. The Bertz CT molecular complexity index is 57.8. The normalized spacial score (nSPS) is 8.43. The van der Waals surface area contributed by atoms with Gasteiger partial charge in [0, 0.05) is 0 Å². The van der Waals surface area contributed by atoms with E-state index in [1.807, 2.05) is 0 Å². The standard InChI is InChI=1S/Hf.Li.H3O4P/c;;1-5(2,3)4/h;;(H3,1,2,3,4)/q+4;+1;/p-3. The van der Waals surface area contributed by atoms with Crippen LogP contribution in [0.2, 0.25) is 0 Å². The smallest absolute Gasteiger partial charge is 0.822 e. The summed E-state index contributed by atoms with van der Waals surface area (Å²) in [6, 6.07) is 0. The molecule has 4 nitrogen and oxygen atoms in total. The molecule has 7 heavy (non-hydrogen) atoms. The van der Waals surface area contributed by atoms with E-state index in [-0.39, 0.29) is 44.7 Å². The minimum Gasteiger partial charge on any atom is -0.822 e. The van der Waals surface area contributed by atoms with Crippen LogP contribution in [0, 0.1) is 0 Å². The third-order valence-corrected chi connectivity index (χ3v) is 0. The van der Waals surface area contributed by atoms with Gasteiger partial charge < -0.3 is 19.2 Å². The quantitative estimate of drug-likeness (QED) is 0.327. The minimum absolute atomic E-state index is 0. The molecule has 7 heteroatoms. The van der Waals surface area contributed by atoms with E-state index >= 15 is 0 Å². The Labute approximate surface area is 71.5 Å². The van der Waals surface area contributed by atoms with Crippen LogP contribution in [0.1, 0.15) is 0 Å². The van der Waals surface area contributed by atoms with Gasteiger partial charge in [0.15, 0.2) is 0 Å². The summed E-state index contributed by atoms with van der Waals surface area (Å²) in [5.74, 6) is 0. The van der Waals surface area contributed by atoms with E-state index in [1.165, 1.54) is 0 Å². The van der Waals surface area contributed by atoms with Crippen LogP contribution in [0.15, 0.2) is 0 Å². The van der Waals surface area contributed by atoms with Crippen molar-refractivity contribution in [2.75, 3.05) is 0 Å². The van der Waals surface area contributed by atoms with E-state index in [1.54, 1.807) is 0 Å². The van der Waals surface area contributed by atoms with Gasteiger partial charge in [0.25, 0.3) is 0 Å². The van der Waals surface area contributed by atoms with Gasteiger partial charge in [-0.15, -0.1) is 0 Å². The summed E-state index contributed by atoms with van der Waals surface area (Å²) < 4.78 is 8.55. The van der Waals surface area contributed by atoms with Crippen LogP contribution < -0.4 is 33.5 Å². The van der Waals surface area contributed by atoms with Crippen molar-refractivity contribution < 1.29 is 63.9 Å². The fourth-order valence-corrected chi connectivity index (χ4v) is 0. The van der Waals surface area contributed by atoms with Gasteiger partial charge in [-0.3, -0.25) is 0 Å². The molecule has 32 valence electrons. The first kappa shape index (κ1) is 15.8. The van der Waals surface area contributed by atoms with Crippen molar-refractivity contribution in [2.24, 2.45) is 0 Å². The van der Waals surface area contributed by atoms with Gasteiger partial charge in [0.2, 0.25) is 0 Å². The minimum atomic E-state index is -5.39. The Morgan fingerprint density at radius 3 is 1.14 bits per heavy atom. The zero-order valence-electron chi connectivity index (χ0n) is 3.58. The van der Waals surface area contributed by atoms with E-state index in [2.05, 4.69) is 0 Å². The second kappa shape index (κ2) is 5.71. The third-order valence-electron chi connectivity index (χ3n) is 0. The molecular formula is HfLiO4P+2. The summed E-state index contributed by atoms with van der Waals surface area (Å²) in [6.07, 6.45) is 0. The summed E-state index contributed by atoms with van der Waals surface area (Å²) in [4.78, 5) is 25.6. The van der Waals surface area contributed by atoms with Crippen LogP contribution >= 0.6 is 7.82 Å². The molecule has 0 atom stereocenters. The van der Waals surface area contributed by atoms with Crippen molar-refractivity contribution in [3.05, 3.63) is 0 Å². The predicted molar refractivity (Wildman–Crippen MR) is 7.61 cm³/mol. The Morgan fingerprint density at radius 1 is 1.14 bits per heavy atom. The van der Waals surface area contributed by atoms with Crippen molar-refractivity contribution in [3.63, 3.8) is 0 Å². The fraction of sp³-hybridized carbons (Fsp3) is 0. The van der Waals surface area contributed by atoms with E-state index in [0.29, 0.717) is 0 Å². The molecule has 0 aromatic carbocycles. The number of hydrogen-bond acceptors (Lipinski definition) is 4. The Hall–Kier alpha value is 1.58. The maximum Gasteiger partial charge on any atom is 4.00 e. The molecule has 0 N–H and O–H groups in total. The zero-order valence-corrected chi connectivity index (χ0v) is 8.07. The van der Waals surface area contributed by atoms with E-state index in [4.69, 9.17) is 19.2 Å². The van der Waals surface area contributed by atoms with Crippen molar-refractivity contribution >= 4 is 7.82 Å². The van der Waals surface area contributed by atoms with Crippen molar-refractivity contribution in [2.45, 2.75) is 0 Å². The van der Waals surface area contributed by atoms with Gasteiger partial charge in [0.05, 0.1) is 0 Å². The summed E-state index contributed by atoms with van der Waals surface area (Å²) in [5.41, 5.74) is 0. The molecule has 0 bridgehead atoms. The van der Waals surface area contributed by atoms with E-state index in [0.717, 1.165) is 0 Å². The molecule has 0 radical (unpaired) electrons. The Kier molecular flexibility index (Phi) is 12.9. The molecule has 0 aliphatic carbocycles. The molecule has 0 aromatic heterocycles. The molecule has 0 unspecified atom stereocenters. The van der Waals surface area contributed by atoms with E-state index < -0.39 is 7.82 Å². The summed E-state index contributed by atoms with van der Waals surface area (Å²) >= 11 is 0. The monoisotopic (exact) mass is 282 g/mol. The topological polar surface area (TPSA) is 86.2 Å². The number of phosphoric acid groups is 1. The summed E-state index contributed by atoms with van der Waals surface area (Å²) in [7, 11) is -5.39. The fourth-order valence-electron chi connectivity index (χ4n) is 0. The van der Waals surface area contributed by atoms with Gasteiger partial charge in [-0.1, -0.05) is 0 Å². The molecular weight excluding hydrogens is 280 g/mol. The molecule has 0 heterocycles. The zero-order chi connectivity index (χ0) is 4.50. The van der Waals surface area contributed by atoms with Crippen LogP contribution in [0.3, 0.4) is 0 Å². The predicted octanol–water partition coefficient (Wildman–Crippen LogP) is -5.82. The number of rotatable bonds is 0. The molecule has 0 aliphatic heterocycles. The number of hydrogen-bond donors (Lipinski definition) is 0. The van der Waals surface area contributed by atoms with Gasteiger partial charge in [0.1, 0.15) is 0 Å². The second-order valence-corrected chi connectivity index (χ2v) is 1.34. The van der Waals surface area contributed by atoms with Crippen molar-refractivity contribution in [3.8, 4) is 0 Å². The Balaban J connectivity index is -0.0000000800. The van der Waals surface area contributed by atoms with Crippen LogP contribution in [-0.4, -0.2) is 0 Å². The first-order chi connectivity index (χ1) is 2.00. The van der Waals surface area contributed by atoms with Gasteiger partial charge in [-0.25, -0.2) is 0 Å². The maximum atomic E-state index is 8.55. The van der Waals surface area contributed by atoms with Crippen LogP contribution in [-0.2, 0) is 30.4 Å². The molecule has 0 saturated carbocycles. The Morgan fingerprint density at radius 2 is 1.14 bits per heavy atom. The molecule has 0 aromatic rings. The van der Waals surface area contributed by atoms with Crippen molar-refractivity contribution in [1.82, 2.24) is 0 Å². The van der Waals surface area contributed by atoms with E-state index in [9.17, 15) is 0 Å². The maximum absolute atomic E-state index is 8.55. The van der Waals surface area contributed by atoms with Crippen molar-refractivity contribution in [1.29, 1.82) is 0 Å². The van der Waals surface area contributed by atoms with Crippen LogP contribution in [0.4, 0.5) is 0 Å². The average Bonchev–Trinajstić information content (AvgIpc) is 0.722. The molecule has 0 spiro atoms. The van der Waals surface area contributed by atoms with Gasteiger partial charge in [-0.05, 0) is 0 Å². The van der Waals surface area contributed by atoms with Crippen LogP contribution in [0.5, 0.6) is 0 Å². The second-order valence-electron chi connectivity index (χ2n) is 0.447. The molecule has 0 aliphatic rings. The average molecular weight is 280 g/mol. The molecule has 0 rings (SSSR count). The van der Waals surface area contributed by atoms with Gasteiger partial charge in [-0.2, -0.15) is 7.82 Å². The van der Waals surface area contributed by atoms with Gasteiger partial charge >= 0.3 is 44.7 Å². The molecule has 0 fully saturated rings.